The van der Waals surface area contributed by atoms with Gasteiger partial charge in [0.1, 0.15) is 12.1 Å². The molecule has 2 aromatic carbocycles. The number of hydrogen-bond donors (Lipinski definition) is 3. The number of carboxylic acid groups (broad SMARTS) is 1. The second-order valence-corrected chi connectivity index (χ2v) is 9.14. The standard InChI is InChI=1S/C26H30N2O5/c1-17-7-6-13-26(15-17,24(30)31)28-23(29)12-14-27-25(32)33-16-22-20-10-4-2-8-18(20)19-9-3-5-11-21(19)22/h2-5,8-11,17,22H,6-7,12-16H2,1H3,(H,27,32)(H,28,29)(H,30,31). The molecule has 2 amide bonds. The summed E-state index contributed by atoms with van der Waals surface area (Å²) in [5.74, 6) is -1.17. The molecule has 3 N–H and O–H groups in total. The zero-order valence-corrected chi connectivity index (χ0v) is 18.8. The lowest BCUT2D eigenvalue weighted by Gasteiger charge is -2.37. The maximum atomic E-state index is 12.4. The van der Waals surface area contributed by atoms with Gasteiger partial charge in [0.15, 0.2) is 0 Å². The first-order chi connectivity index (χ1) is 15.9. The van der Waals surface area contributed by atoms with E-state index in [4.69, 9.17) is 4.74 Å². The van der Waals surface area contributed by atoms with Crippen LogP contribution in [0.15, 0.2) is 48.5 Å². The van der Waals surface area contributed by atoms with Crippen molar-refractivity contribution < 1.29 is 24.2 Å². The van der Waals surface area contributed by atoms with Gasteiger partial charge < -0.3 is 20.5 Å². The predicted molar refractivity (Wildman–Crippen MR) is 124 cm³/mol. The molecule has 2 atom stereocenters. The molecule has 174 valence electrons. The molecule has 0 spiro atoms. The summed E-state index contributed by atoms with van der Waals surface area (Å²) in [6.07, 6.45) is 1.99. The number of fused-ring (bicyclic) bond motifs is 3. The summed E-state index contributed by atoms with van der Waals surface area (Å²) < 4.78 is 5.47. The first kappa shape index (κ1) is 22.8. The highest BCUT2D eigenvalue weighted by atomic mass is 16.5. The zero-order valence-electron chi connectivity index (χ0n) is 18.8. The minimum absolute atomic E-state index is 0.00634. The molecule has 2 aliphatic carbocycles. The number of alkyl carbamates (subject to hydrolysis) is 1. The van der Waals surface area contributed by atoms with Crippen molar-refractivity contribution >= 4 is 18.0 Å². The highest BCUT2D eigenvalue weighted by Gasteiger charge is 2.43. The van der Waals surface area contributed by atoms with E-state index in [1.165, 1.54) is 0 Å². The van der Waals surface area contributed by atoms with E-state index >= 15 is 0 Å². The van der Waals surface area contributed by atoms with Gasteiger partial charge in [0.05, 0.1) is 0 Å². The van der Waals surface area contributed by atoms with Crippen LogP contribution in [0.4, 0.5) is 4.79 Å². The van der Waals surface area contributed by atoms with Crippen molar-refractivity contribution in [3.05, 3.63) is 59.7 Å². The van der Waals surface area contributed by atoms with Crippen molar-refractivity contribution in [2.45, 2.75) is 50.5 Å². The summed E-state index contributed by atoms with van der Waals surface area (Å²) >= 11 is 0. The fraction of sp³-hybridized carbons (Fsp3) is 0.423. The molecule has 0 aliphatic heterocycles. The van der Waals surface area contributed by atoms with Crippen LogP contribution in [0.5, 0.6) is 0 Å². The Morgan fingerprint density at radius 2 is 1.70 bits per heavy atom. The van der Waals surface area contributed by atoms with Gasteiger partial charge in [-0.3, -0.25) is 4.79 Å². The van der Waals surface area contributed by atoms with Crippen LogP contribution in [0.3, 0.4) is 0 Å². The van der Waals surface area contributed by atoms with E-state index in [1.807, 2.05) is 31.2 Å². The third-order valence-electron chi connectivity index (χ3n) is 6.75. The topological polar surface area (TPSA) is 105 Å². The Morgan fingerprint density at radius 3 is 2.30 bits per heavy atom. The molecule has 0 saturated heterocycles. The Bertz CT molecular complexity index is 1010. The average Bonchev–Trinajstić information content (AvgIpc) is 3.11. The Kier molecular flexibility index (Phi) is 6.67. The number of aliphatic carboxylic acids is 1. The van der Waals surface area contributed by atoms with Gasteiger partial charge in [-0.2, -0.15) is 0 Å². The first-order valence-electron chi connectivity index (χ1n) is 11.5. The minimum atomic E-state index is -1.21. The Morgan fingerprint density at radius 1 is 1.06 bits per heavy atom. The van der Waals surface area contributed by atoms with Crippen LogP contribution in [0.25, 0.3) is 11.1 Å². The largest absolute Gasteiger partial charge is 0.480 e. The molecular weight excluding hydrogens is 420 g/mol. The molecule has 0 aromatic heterocycles. The summed E-state index contributed by atoms with van der Waals surface area (Å²) in [5.41, 5.74) is 3.36. The van der Waals surface area contributed by atoms with E-state index in [-0.39, 0.29) is 37.3 Å². The molecule has 7 heteroatoms. The number of hydrogen-bond acceptors (Lipinski definition) is 4. The van der Waals surface area contributed by atoms with E-state index in [9.17, 15) is 19.5 Å². The number of carboxylic acids is 1. The van der Waals surface area contributed by atoms with E-state index in [1.54, 1.807) is 0 Å². The first-order valence-corrected chi connectivity index (χ1v) is 11.5. The van der Waals surface area contributed by atoms with Gasteiger partial charge in [-0.1, -0.05) is 68.3 Å². The SMILES string of the molecule is CC1CCCC(NC(=O)CCNC(=O)OCC2c3ccccc3-c3ccccc32)(C(=O)O)C1. The van der Waals surface area contributed by atoms with Gasteiger partial charge >= 0.3 is 12.1 Å². The normalized spacial score (nSPS) is 21.5. The van der Waals surface area contributed by atoms with Crippen LogP contribution >= 0.6 is 0 Å². The quantitative estimate of drug-likeness (QED) is 0.590. The van der Waals surface area contributed by atoms with Crippen molar-refractivity contribution in [2.75, 3.05) is 13.2 Å². The zero-order chi connectivity index (χ0) is 23.4. The minimum Gasteiger partial charge on any atom is -0.480 e. The highest BCUT2D eigenvalue weighted by molar-refractivity contribution is 5.87. The molecule has 7 nitrogen and oxygen atoms in total. The van der Waals surface area contributed by atoms with Gasteiger partial charge in [-0.25, -0.2) is 9.59 Å². The van der Waals surface area contributed by atoms with Gasteiger partial charge in [-0.05, 0) is 41.0 Å². The molecule has 2 aliphatic rings. The van der Waals surface area contributed by atoms with Crippen LogP contribution in [0, 0.1) is 5.92 Å². The third-order valence-corrected chi connectivity index (χ3v) is 6.75. The molecule has 0 radical (unpaired) electrons. The summed E-state index contributed by atoms with van der Waals surface area (Å²) in [7, 11) is 0. The van der Waals surface area contributed by atoms with Crippen LogP contribution in [-0.4, -0.2) is 41.8 Å². The van der Waals surface area contributed by atoms with Crippen molar-refractivity contribution in [2.24, 2.45) is 5.92 Å². The lowest BCUT2D eigenvalue weighted by atomic mass is 9.76. The molecule has 1 fully saturated rings. The number of rotatable bonds is 7. The third kappa shape index (κ3) is 4.87. The molecule has 2 unspecified atom stereocenters. The number of carbonyl (C=O) groups excluding carboxylic acids is 2. The summed E-state index contributed by atoms with van der Waals surface area (Å²) in [6.45, 7) is 2.28. The summed E-state index contributed by atoms with van der Waals surface area (Å²) in [6, 6.07) is 16.2. The molecular formula is C26H30N2O5. The lowest BCUT2D eigenvalue weighted by Crippen LogP contribution is -2.57. The van der Waals surface area contributed by atoms with Crippen molar-refractivity contribution in [3.8, 4) is 11.1 Å². The highest BCUT2D eigenvalue weighted by Crippen LogP contribution is 2.44. The smallest absolute Gasteiger partial charge is 0.407 e. The molecule has 33 heavy (non-hydrogen) atoms. The number of ether oxygens (including phenoxy) is 1. The van der Waals surface area contributed by atoms with Crippen molar-refractivity contribution in [3.63, 3.8) is 0 Å². The molecule has 4 rings (SSSR count). The van der Waals surface area contributed by atoms with Gasteiger partial charge in [0, 0.05) is 18.9 Å². The van der Waals surface area contributed by atoms with E-state index < -0.39 is 17.6 Å². The Hall–Kier alpha value is -3.35. The predicted octanol–water partition coefficient (Wildman–Crippen LogP) is 4.06. The molecule has 1 saturated carbocycles. The van der Waals surface area contributed by atoms with E-state index in [2.05, 4.69) is 34.9 Å². The second kappa shape index (κ2) is 9.65. The maximum Gasteiger partial charge on any atom is 0.407 e. The maximum absolute atomic E-state index is 12.4. The molecule has 0 bridgehead atoms. The fourth-order valence-corrected chi connectivity index (χ4v) is 5.17. The van der Waals surface area contributed by atoms with E-state index in [0.29, 0.717) is 12.8 Å². The number of nitrogens with one attached hydrogen (secondary N) is 2. The number of benzene rings is 2. The van der Waals surface area contributed by atoms with Crippen LogP contribution in [-0.2, 0) is 14.3 Å². The average molecular weight is 451 g/mol. The second-order valence-electron chi connectivity index (χ2n) is 9.14. The molecule has 0 heterocycles. The summed E-state index contributed by atoms with van der Waals surface area (Å²) in [4.78, 5) is 36.5. The molecule has 2 aromatic rings. The summed E-state index contributed by atoms with van der Waals surface area (Å²) in [5, 5.41) is 15.0. The van der Waals surface area contributed by atoms with Crippen molar-refractivity contribution in [1.29, 1.82) is 0 Å². The van der Waals surface area contributed by atoms with Crippen LogP contribution in [0.2, 0.25) is 0 Å². The monoisotopic (exact) mass is 450 g/mol. The van der Waals surface area contributed by atoms with Gasteiger partial charge in [0.2, 0.25) is 5.91 Å². The number of amides is 2. The van der Waals surface area contributed by atoms with Crippen LogP contribution in [0.1, 0.15) is 56.1 Å². The van der Waals surface area contributed by atoms with Crippen molar-refractivity contribution in [1.82, 2.24) is 10.6 Å². The fourth-order valence-electron chi connectivity index (χ4n) is 5.17. The Balaban J connectivity index is 1.27. The van der Waals surface area contributed by atoms with Gasteiger partial charge in [0.25, 0.3) is 0 Å². The van der Waals surface area contributed by atoms with Gasteiger partial charge in [-0.15, -0.1) is 0 Å². The van der Waals surface area contributed by atoms with Crippen LogP contribution < -0.4 is 10.6 Å². The number of carbonyl (C=O) groups is 3. The van der Waals surface area contributed by atoms with E-state index in [0.717, 1.165) is 35.1 Å². The Labute approximate surface area is 193 Å². The lowest BCUT2D eigenvalue weighted by molar-refractivity contribution is -0.150.